The molecule has 1 heterocycles. The van der Waals surface area contributed by atoms with Gasteiger partial charge in [-0.3, -0.25) is 4.79 Å². The summed E-state index contributed by atoms with van der Waals surface area (Å²) in [5.41, 5.74) is 7.32. The average Bonchev–Trinajstić information content (AvgIpc) is 3.02. The van der Waals surface area contributed by atoms with E-state index in [9.17, 15) is 9.90 Å². The van der Waals surface area contributed by atoms with Gasteiger partial charge in [-0.05, 0) is 48.0 Å². The quantitative estimate of drug-likeness (QED) is 0.408. The molecule has 0 atom stereocenters. The SMILES string of the molecule is COc1ccc(/C=C/C(=O)c2sc(Nc3ccc(Cl)cc3)nc2N)cc1O. The molecule has 0 aliphatic heterocycles. The molecular formula is C19H16ClN3O3S. The van der Waals surface area contributed by atoms with E-state index < -0.39 is 0 Å². The summed E-state index contributed by atoms with van der Waals surface area (Å²) in [6, 6.07) is 12.0. The molecule has 0 spiro atoms. The molecule has 138 valence electrons. The number of nitrogens with two attached hydrogens (primary N) is 1. The molecule has 8 heteroatoms. The summed E-state index contributed by atoms with van der Waals surface area (Å²) in [6.45, 7) is 0. The lowest BCUT2D eigenvalue weighted by Gasteiger charge is -2.03. The van der Waals surface area contributed by atoms with Crippen molar-refractivity contribution < 1.29 is 14.6 Å². The molecule has 0 unspecified atom stereocenters. The Morgan fingerprint density at radius 1 is 1.30 bits per heavy atom. The van der Waals surface area contributed by atoms with E-state index in [1.54, 1.807) is 42.5 Å². The number of hydrogen-bond acceptors (Lipinski definition) is 7. The summed E-state index contributed by atoms with van der Waals surface area (Å²) >= 11 is 7.02. The summed E-state index contributed by atoms with van der Waals surface area (Å²) in [6.07, 6.45) is 2.98. The molecule has 6 nitrogen and oxygen atoms in total. The Kier molecular flexibility index (Phi) is 5.63. The third-order valence-electron chi connectivity index (χ3n) is 3.60. The number of phenols is 1. The van der Waals surface area contributed by atoms with Crippen LogP contribution < -0.4 is 15.8 Å². The fourth-order valence-electron chi connectivity index (χ4n) is 2.28. The molecule has 0 aliphatic rings. The number of aromatic hydroxyl groups is 1. The van der Waals surface area contributed by atoms with E-state index in [1.165, 1.54) is 19.3 Å². The van der Waals surface area contributed by atoms with E-state index in [4.69, 9.17) is 22.1 Å². The van der Waals surface area contributed by atoms with Gasteiger partial charge in [-0.25, -0.2) is 4.98 Å². The monoisotopic (exact) mass is 401 g/mol. The average molecular weight is 402 g/mol. The minimum absolute atomic E-state index is 0.00106. The first-order valence-corrected chi connectivity index (χ1v) is 9.04. The molecule has 3 aromatic rings. The van der Waals surface area contributed by atoms with Crippen molar-refractivity contribution >= 4 is 51.4 Å². The van der Waals surface area contributed by atoms with Crippen LogP contribution in [0.2, 0.25) is 5.02 Å². The van der Waals surface area contributed by atoms with Crippen LogP contribution in [-0.4, -0.2) is 23.0 Å². The minimum Gasteiger partial charge on any atom is -0.504 e. The molecule has 0 aliphatic carbocycles. The number of benzene rings is 2. The number of nitrogens with zero attached hydrogens (tertiary/aromatic N) is 1. The molecular weight excluding hydrogens is 386 g/mol. The highest BCUT2D eigenvalue weighted by Gasteiger charge is 2.14. The number of ketones is 1. The number of halogens is 1. The number of carbonyl (C=O) groups excluding carboxylic acids is 1. The lowest BCUT2D eigenvalue weighted by molar-refractivity contribution is 0.105. The molecule has 0 fully saturated rings. The van der Waals surface area contributed by atoms with Crippen molar-refractivity contribution in [3.63, 3.8) is 0 Å². The van der Waals surface area contributed by atoms with Crippen LogP contribution in [0, 0.1) is 0 Å². The lowest BCUT2D eigenvalue weighted by atomic mass is 10.1. The topological polar surface area (TPSA) is 97.5 Å². The predicted molar refractivity (Wildman–Crippen MR) is 109 cm³/mol. The smallest absolute Gasteiger partial charge is 0.199 e. The number of rotatable bonds is 6. The van der Waals surface area contributed by atoms with Gasteiger partial charge < -0.3 is 20.9 Å². The van der Waals surface area contributed by atoms with Crippen molar-refractivity contribution in [2.75, 3.05) is 18.2 Å². The number of nitrogens with one attached hydrogen (secondary N) is 1. The Balaban J connectivity index is 1.74. The zero-order valence-electron chi connectivity index (χ0n) is 14.3. The van der Waals surface area contributed by atoms with E-state index in [0.29, 0.717) is 26.3 Å². The maximum atomic E-state index is 12.4. The first-order valence-electron chi connectivity index (χ1n) is 7.84. The molecule has 3 rings (SSSR count). The largest absolute Gasteiger partial charge is 0.504 e. The van der Waals surface area contributed by atoms with Crippen LogP contribution in [0.1, 0.15) is 15.2 Å². The number of nitrogen functional groups attached to an aromatic ring is 1. The van der Waals surface area contributed by atoms with Crippen molar-refractivity contribution in [2.45, 2.75) is 0 Å². The first-order chi connectivity index (χ1) is 13.0. The van der Waals surface area contributed by atoms with E-state index in [0.717, 1.165) is 17.0 Å². The zero-order valence-corrected chi connectivity index (χ0v) is 15.8. The van der Waals surface area contributed by atoms with Gasteiger partial charge in [0.25, 0.3) is 0 Å². The predicted octanol–water partition coefficient (Wildman–Crippen LogP) is 4.73. The number of carbonyl (C=O) groups is 1. The number of hydrogen-bond donors (Lipinski definition) is 3. The second-order valence-corrected chi connectivity index (χ2v) is 6.93. The molecule has 1 aromatic heterocycles. The number of methoxy groups -OCH3 is 1. The van der Waals surface area contributed by atoms with Crippen LogP contribution in [0.4, 0.5) is 16.6 Å². The summed E-state index contributed by atoms with van der Waals surface area (Å²) < 4.78 is 4.99. The second-order valence-electron chi connectivity index (χ2n) is 5.49. The Bertz CT molecular complexity index is 1000. The Labute approximate surface area is 164 Å². The van der Waals surface area contributed by atoms with Gasteiger partial charge >= 0.3 is 0 Å². The minimum atomic E-state index is -0.274. The Hall–Kier alpha value is -3.03. The number of ether oxygens (including phenoxy) is 1. The molecule has 0 radical (unpaired) electrons. The van der Waals surface area contributed by atoms with Crippen LogP contribution in [-0.2, 0) is 0 Å². The summed E-state index contributed by atoms with van der Waals surface area (Å²) in [4.78, 5) is 16.9. The fraction of sp³-hybridized carbons (Fsp3) is 0.0526. The van der Waals surface area contributed by atoms with Crippen LogP contribution in [0.3, 0.4) is 0 Å². The molecule has 0 amide bonds. The van der Waals surface area contributed by atoms with Gasteiger partial charge in [0, 0.05) is 10.7 Å². The van der Waals surface area contributed by atoms with Gasteiger partial charge in [0.05, 0.1) is 7.11 Å². The standard InChI is InChI=1S/C19H16ClN3O3S/c1-26-16-9-3-11(10-15(16)25)2-8-14(24)17-18(21)23-19(27-17)22-13-6-4-12(20)5-7-13/h2-10,25H,21H2,1H3,(H,22,23)/b8-2+. The summed E-state index contributed by atoms with van der Waals surface area (Å²) in [5.74, 6) is 0.245. The highest BCUT2D eigenvalue weighted by atomic mass is 35.5. The third-order valence-corrected chi connectivity index (χ3v) is 4.86. The molecule has 2 aromatic carbocycles. The van der Waals surface area contributed by atoms with Crippen LogP contribution in [0.5, 0.6) is 11.5 Å². The zero-order chi connectivity index (χ0) is 19.4. The van der Waals surface area contributed by atoms with Gasteiger partial charge in [-0.1, -0.05) is 35.1 Å². The van der Waals surface area contributed by atoms with Gasteiger partial charge in [-0.15, -0.1) is 0 Å². The normalized spacial score (nSPS) is 10.9. The number of allylic oxidation sites excluding steroid dienone is 1. The van der Waals surface area contributed by atoms with Crippen LogP contribution in [0.25, 0.3) is 6.08 Å². The second kappa shape index (κ2) is 8.11. The van der Waals surface area contributed by atoms with Crippen LogP contribution in [0.15, 0.2) is 48.5 Å². The Morgan fingerprint density at radius 2 is 2.04 bits per heavy atom. The van der Waals surface area contributed by atoms with E-state index >= 15 is 0 Å². The third kappa shape index (κ3) is 4.58. The summed E-state index contributed by atoms with van der Waals surface area (Å²) in [5, 5.41) is 14.0. The van der Waals surface area contributed by atoms with E-state index in [2.05, 4.69) is 10.3 Å². The summed E-state index contributed by atoms with van der Waals surface area (Å²) in [7, 11) is 1.47. The molecule has 0 saturated heterocycles. The highest BCUT2D eigenvalue weighted by Crippen LogP contribution is 2.30. The molecule has 4 N–H and O–H groups in total. The number of aromatic nitrogens is 1. The van der Waals surface area contributed by atoms with Crippen LogP contribution >= 0.6 is 22.9 Å². The molecule has 0 bridgehead atoms. The van der Waals surface area contributed by atoms with Crippen molar-refractivity contribution in [2.24, 2.45) is 0 Å². The van der Waals surface area contributed by atoms with E-state index in [1.807, 2.05) is 0 Å². The maximum Gasteiger partial charge on any atom is 0.199 e. The van der Waals surface area contributed by atoms with Gasteiger partial charge in [0.1, 0.15) is 10.7 Å². The number of thiazole rings is 1. The van der Waals surface area contributed by atoms with E-state index in [-0.39, 0.29) is 17.4 Å². The highest BCUT2D eigenvalue weighted by molar-refractivity contribution is 7.18. The number of phenolic OH excluding ortho intramolecular Hbond substituents is 1. The van der Waals surface area contributed by atoms with Crippen molar-refractivity contribution in [1.82, 2.24) is 4.98 Å². The Morgan fingerprint density at radius 3 is 2.70 bits per heavy atom. The number of anilines is 3. The maximum absolute atomic E-state index is 12.4. The molecule has 27 heavy (non-hydrogen) atoms. The van der Waals surface area contributed by atoms with Crippen molar-refractivity contribution in [3.05, 3.63) is 64.0 Å². The van der Waals surface area contributed by atoms with Crippen molar-refractivity contribution in [3.8, 4) is 11.5 Å². The van der Waals surface area contributed by atoms with Crippen molar-refractivity contribution in [1.29, 1.82) is 0 Å². The fourth-order valence-corrected chi connectivity index (χ4v) is 3.23. The van der Waals surface area contributed by atoms with Gasteiger partial charge in [0.2, 0.25) is 0 Å². The lowest BCUT2D eigenvalue weighted by Crippen LogP contribution is -1.97. The van der Waals surface area contributed by atoms with Gasteiger partial charge in [0.15, 0.2) is 22.4 Å². The molecule has 0 saturated carbocycles. The first kappa shape index (κ1) is 18.8. The van der Waals surface area contributed by atoms with Gasteiger partial charge in [-0.2, -0.15) is 0 Å².